The first kappa shape index (κ1) is 33.9. The summed E-state index contributed by atoms with van der Waals surface area (Å²) in [6.45, 7) is 7.24. The maximum Gasteiger partial charge on any atom is 0.0775 e. The lowest BCUT2D eigenvalue weighted by Gasteiger charge is -2.31. The summed E-state index contributed by atoms with van der Waals surface area (Å²) in [7, 11) is -1.47. The number of benzene rings is 10. The number of nitrogens with zero attached hydrogens (tertiary/aromatic N) is 2. The summed E-state index contributed by atoms with van der Waals surface area (Å²) in [5.41, 5.74) is 9.26. The number of anilines is 6. The van der Waals surface area contributed by atoms with Crippen molar-refractivity contribution in [3.8, 4) is 11.1 Å². The Labute approximate surface area is 329 Å². The zero-order valence-electron chi connectivity index (χ0n) is 31.9. The van der Waals surface area contributed by atoms with Crippen molar-refractivity contribution >= 4 is 90.5 Å². The van der Waals surface area contributed by atoms with Crippen molar-refractivity contribution in [1.29, 1.82) is 0 Å². The van der Waals surface area contributed by atoms with Crippen molar-refractivity contribution in [3.63, 3.8) is 0 Å². The maximum absolute atomic E-state index is 2.45. The van der Waals surface area contributed by atoms with Crippen molar-refractivity contribution in [2.45, 2.75) is 19.6 Å². The molecular weight excluding hydrogens is 693 g/mol. The predicted molar refractivity (Wildman–Crippen MR) is 245 cm³/mol. The zero-order valence-corrected chi connectivity index (χ0v) is 32.9. The summed E-state index contributed by atoms with van der Waals surface area (Å²) < 4.78 is 0. The monoisotopic (exact) mass is 734 g/mol. The van der Waals surface area contributed by atoms with E-state index in [0.29, 0.717) is 0 Å². The Hall–Kier alpha value is -6.68. The molecule has 10 aromatic rings. The van der Waals surface area contributed by atoms with E-state index in [1.165, 1.54) is 65.1 Å². The van der Waals surface area contributed by atoms with Gasteiger partial charge in [0.25, 0.3) is 0 Å². The molecule has 0 N–H and O–H groups in total. The van der Waals surface area contributed by atoms with Gasteiger partial charge in [-0.1, -0.05) is 170 Å². The molecule has 0 heterocycles. The van der Waals surface area contributed by atoms with Gasteiger partial charge in [0.1, 0.15) is 0 Å². The summed E-state index contributed by atoms with van der Waals surface area (Å²) >= 11 is 0. The lowest BCUT2D eigenvalue weighted by Crippen LogP contribution is -2.37. The standard InChI is InChI=1S/C53H42N2Si/c1-56(2,3)41-29-27-40(28-30-41)54(38-19-9-5-10-20-38)50-35-33-45-43-24-13-14-25-44(43)46-34-36-51(48-32-31-47(50)52(45)53(46)48)55(39-21-11-6-12-22-39)49-26-16-15-23-42(49)37-17-7-4-8-18-37/h4-36H,1-3H3. The molecule has 0 aromatic heterocycles. The Balaban J connectivity index is 1.28. The highest BCUT2D eigenvalue weighted by atomic mass is 28.3. The quantitative estimate of drug-likeness (QED) is 0.0871. The maximum atomic E-state index is 2.45. The number of rotatable bonds is 8. The first-order valence-electron chi connectivity index (χ1n) is 19.5. The van der Waals surface area contributed by atoms with Gasteiger partial charge >= 0.3 is 0 Å². The van der Waals surface area contributed by atoms with Crippen molar-refractivity contribution in [1.82, 2.24) is 0 Å². The van der Waals surface area contributed by atoms with Gasteiger partial charge in [0, 0.05) is 44.2 Å². The van der Waals surface area contributed by atoms with Crippen LogP contribution in [0.15, 0.2) is 200 Å². The molecule has 10 rings (SSSR count). The molecule has 0 aliphatic rings. The molecule has 0 aliphatic carbocycles. The fourth-order valence-corrected chi connectivity index (χ4v) is 9.85. The van der Waals surface area contributed by atoms with Crippen LogP contribution in [0.3, 0.4) is 0 Å². The average molecular weight is 735 g/mol. The molecular formula is C53H42N2Si. The molecule has 56 heavy (non-hydrogen) atoms. The van der Waals surface area contributed by atoms with Crippen LogP contribution in [0, 0.1) is 0 Å². The lowest BCUT2D eigenvalue weighted by molar-refractivity contribution is 1.30. The summed E-state index contributed by atoms with van der Waals surface area (Å²) in [5, 5.41) is 11.6. The van der Waals surface area contributed by atoms with Crippen LogP contribution in [0.5, 0.6) is 0 Å². The Morgan fingerprint density at radius 3 is 1.29 bits per heavy atom. The third-order valence-electron chi connectivity index (χ3n) is 11.4. The van der Waals surface area contributed by atoms with E-state index < -0.39 is 8.07 Å². The first-order chi connectivity index (χ1) is 27.5. The third-order valence-corrected chi connectivity index (χ3v) is 13.4. The summed E-state index contributed by atoms with van der Waals surface area (Å²) in [6.07, 6.45) is 0. The lowest BCUT2D eigenvalue weighted by atomic mass is 9.87. The minimum atomic E-state index is -1.47. The highest BCUT2D eigenvalue weighted by Crippen LogP contribution is 2.50. The fraction of sp³-hybridized carbons (Fsp3) is 0.0566. The van der Waals surface area contributed by atoms with Gasteiger partial charge in [-0.3, -0.25) is 0 Å². The van der Waals surface area contributed by atoms with Crippen LogP contribution in [0.25, 0.3) is 54.2 Å². The van der Waals surface area contributed by atoms with Crippen molar-refractivity contribution < 1.29 is 0 Å². The normalized spacial score (nSPS) is 11.8. The first-order valence-corrected chi connectivity index (χ1v) is 23.0. The molecule has 3 heteroatoms. The van der Waals surface area contributed by atoms with E-state index in [1.54, 1.807) is 0 Å². The van der Waals surface area contributed by atoms with Crippen LogP contribution >= 0.6 is 0 Å². The van der Waals surface area contributed by atoms with E-state index in [1.807, 2.05) is 0 Å². The second-order valence-corrected chi connectivity index (χ2v) is 20.8. The van der Waals surface area contributed by atoms with E-state index in [4.69, 9.17) is 0 Å². The fourth-order valence-electron chi connectivity index (χ4n) is 8.68. The van der Waals surface area contributed by atoms with E-state index >= 15 is 0 Å². The molecule has 0 saturated heterocycles. The molecule has 0 amide bonds. The topological polar surface area (TPSA) is 6.48 Å². The SMILES string of the molecule is C[Si](C)(C)c1ccc(N(c2ccccc2)c2ccc3c4ccccc4c4ccc(N(c5ccccc5)c5ccccc5-c5ccccc5)c5ccc2c3c54)cc1. The molecule has 0 aliphatic heterocycles. The third kappa shape index (κ3) is 5.63. The van der Waals surface area contributed by atoms with E-state index in [0.717, 1.165) is 28.4 Å². The number of hydrogen-bond acceptors (Lipinski definition) is 2. The smallest absolute Gasteiger partial charge is 0.0775 e. The summed E-state index contributed by atoms with van der Waals surface area (Å²) in [5.74, 6) is 0. The Morgan fingerprint density at radius 1 is 0.304 bits per heavy atom. The van der Waals surface area contributed by atoms with Gasteiger partial charge in [-0.2, -0.15) is 0 Å². The molecule has 0 saturated carbocycles. The number of fused-ring (bicyclic) bond motifs is 3. The van der Waals surface area contributed by atoms with Gasteiger partial charge < -0.3 is 9.80 Å². The molecule has 0 unspecified atom stereocenters. The van der Waals surface area contributed by atoms with Crippen LogP contribution in [0.1, 0.15) is 0 Å². The molecule has 0 atom stereocenters. The minimum Gasteiger partial charge on any atom is -0.310 e. The molecule has 268 valence electrons. The van der Waals surface area contributed by atoms with Crippen LogP contribution in [-0.4, -0.2) is 8.07 Å². The molecule has 10 aromatic carbocycles. The molecule has 0 bridgehead atoms. The van der Waals surface area contributed by atoms with Gasteiger partial charge in [0.2, 0.25) is 0 Å². The molecule has 2 nitrogen and oxygen atoms in total. The molecule has 0 fully saturated rings. The summed E-state index contributed by atoms with van der Waals surface area (Å²) in [4.78, 5) is 4.89. The van der Waals surface area contributed by atoms with Crippen LogP contribution < -0.4 is 15.0 Å². The highest BCUT2D eigenvalue weighted by Gasteiger charge is 2.25. The zero-order chi connectivity index (χ0) is 37.8. The van der Waals surface area contributed by atoms with Crippen LogP contribution in [0.2, 0.25) is 19.6 Å². The van der Waals surface area contributed by atoms with Crippen molar-refractivity contribution in [2.75, 3.05) is 9.80 Å². The highest BCUT2D eigenvalue weighted by molar-refractivity contribution is 6.88. The van der Waals surface area contributed by atoms with Gasteiger partial charge in [0.15, 0.2) is 0 Å². The van der Waals surface area contributed by atoms with E-state index in [-0.39, 0.29) is 0 Å². The van der Waals surface area contributed by atoms with Gasteiger partial charge in [-0.15, -0.1) is 0 Å². The number of para-hydroxylation sites is 3. The second-order valence-electron chi connectivity index (χ2n) is 15.7. The molecule has 0 spiro atoms. The van der Waals surface area contributed by atoms with E-state index in [2.05, 4.69) is 230 Å². The van der Waals surface area contributed by atoms with Crippen LogP contribution in [0.4, 0.5) is 34.1 Å². The van der Waals surface area contributed by atoms with E-state index in [9.17, 15) is 0 Å². The Bertz CT molecular complexity index is 2990. The Kier molecular flexibility index (Phi) is 8.20. The number of hydrogen-bond donors (Lipinski definition) is 0. The Morgan fingerprint density at radius 2 is 0.732 bits per heavy atom. The average Bonchev–Trinajstić information content (AvgIpc) is 3.25. The molecule has 0 radical (unpaired) electrons. The largest absolute Gasteiger partial charge is 0.310 e. The minimum absolute atomic E-state index is 1.12. The van der Waals surface area contributed by atoms with Crippen molar-refractivity contribution in [3.05, 3.63) is 200 Å². The van der Waals surface area contributed by atoms with Crippen molar-refractivity contribution in [2.24, 2.45) is 0 Å². The predicted octanol–water partition coefficient (Wildman–Crippen LogP) is 14.9. The van der Waals surface area contributed by atoms with Gasteiger partial charge in [-0.05, 0) is 81.7 Å². The summed E-state index contributed by atoms with van der Waals surface area (Å²) in [6, 6.07) is 73.5. The van der Waals surface area contributed by atoms with Gasteiger partial charge in [0.05, 0.1) is 25.1 Å². The van der Waals surface area contributed by atoms with Crippen LogP contribution in [-0.2, 0) is 0 Å². The second kappa shape index (κ2) is 13.6. The van der Waals surface area contributed by atoms with Gasteiger partial charge in [-0.25, -0.2) is 0 Å².